The first-order valence-corrected chi connectivity index (χ1v) is 7.16. The van der Waals surface area contributed by atoms with Gasteiger partial charge >= 0.3 is 0 Å². The normalized spacial score (nSPS) is 12.4. The zero-order valence-electron chi connectivity index (χ0n) is 12.5. The minimum Gasteiger partial charge on any atom is -0.494 e. The van der Waals surface area contributed by atoms with Gasteiger partial charge in [0.1, 0.15) is 5.75 Å². The molecular weight excluding hydrogens is 250 g/mol. The molecule has 1 unspecified atom stereocenters. The summed E-state index contributed by atoms with van der Waals surface area (Å²) in [7, 11) is 0. The molecule has 2 rings (SSSR count). The standard InChI is InChI=1S/C16H23N3O/c1-4-19-13(10-12(3)18-19)11-15(17)14-8-6-7-9-16(14)20-5-2/h6-10,15H,4-5,11,17H2,1-3H3. The number of ether oxygens (including phenoxy) is 1. The van der Waals surface area contributed by atoms with Crippen LogP contribution in [0, 0.1) is 6.92 Å². The highest BCUT2D eigenvalue weighted by Gasteiger charge is 2.15. The van der Waals surface area contributed by atoms with Gasteiger partial charge in [-0.15, -0.1) is 0 Å². The highest BCUT2D eigenvalue weighted by atomic mass is 16.5. The van der Waals surface area contributed by atoms with Gasteiger partial charge in [-0.1, -0.05) is 18.2 Å². The molecule has 0 amide bonds. The van der Waals surface area contributed by atoms with Crippen LogP contribution >= 0.6 is 0 Å². The monoisotopic (exact) mass is 273 g/mol. The van der Waals surface area contributed by atoms with E-state index >= 15 is 0 Å². The van der Waals surface area contributed by atoms with E-state index < -0.39 is 0 Å². The number of rotatable bonds is 6. The second-order valence-corrected chi connectivity index (χ2v) is 4.87. The first-order valence-electron chi connectivity index (χ1n) is 7.16. The third-order valence-electron chi connectivity index (χ3n) is 3.33. The minimum atomic E-state index is -0.0841. The second-order valence-electron chi connectivity index (χ2n) is 4.87. The smallest absolute Gasteiger partial charge is 0.124 e. The number of aromatic nitrogens is 2. The van der Waals surface area contributed by atoms with Crippen molar-refractivity contribution in [1.82, 2.24) is 9.78 Å². The van der Waals surface area contributed by atoms with Crippen molar-refractivity contribution in [1.29, 1.82) is 0 Å². The SMILES string of the molecule is CCOc1ccccc1C(N)Cc1cc(C)nn1CC. The first-order chi connectivity index (χ1) is 9.65. The first kappa shape index (κ1) is 14.6. The lowest BCUT2D eigenvalue weighted by atomic mass is 10.0. The molecule has 0 bridgehead atoms. The van der Waals surface area contributed by atoms with Crippen LogP contribution in [0.25, 0.3) is 0 Å². The van der Waals surface area contributed by atoms with E-state index in [9.17, 15) is 0 Å². The zero-order chi connectivity index (χ0) is 14.5. The van der Waals surface area contributed by atoms with Crippen LogP contribution in [0.3, 0.4) is 0 Å². The predicted molar refractivity (Wildman–Crippen MR) is 80.9 cm³/mol. The maximum absolute atomic E-state index is 6.37. The summed E-state index contributed by atoms with van der Waals surface area (Å²) in [6.07, 6.45) is 0.763. The van der Waals surface area contributed by atoms with Crippen molar-refractivity contribution < 1.29 is 4.74 Å². The zero-order valence-corrected chi connectivity index (χ0v) is 12.5. The van der Waals surface area contributed by atoms with Crippen molar-refractivity contribution in [2.24, 2.45) is 5.73 Å². The predicted octanol–water partition coefficient (Wildman–Crippen LogP) is 2.85. The summed E-state index contributed by atoms with van der Waals surface area (Å²) in [5.74, 6) is 0.877. The average Bonchev–Trinajstić information content (AvgIpc) is 2.79. The van der Waals surface area contributed by atoms with Crippen LogP contribution in [-0.4, -0.2) is 16.4 Å². The molecule has 2 N–H and O–H groups in total. The van der Waals surface area contributed by atoms with Gasteiger partial charge in [0.2, 0.25) is 0 Å². The number of aryl methyl sites for hydroxylation is 2. The van der Waals surface area contributed by atoms with E-state index in [2.05, 4.69) is 18.1 Å². The Morgan fingerprint density at radius 3 is 2.75 bits per heavy atom. The van der Waals surface area contributed by atoms with E-state index in [1.165, 1.54) is 5.69 Å². The van der Waals surface area contributed by atoms with Crippen LogP contribution in [0.2, 0.25) is 0 Å². The van der Waals surface area contributed by atoms with E-state index in [1.807, 2.05) is 42.8 Å². The number of hydrogen-bond donors (Lipinski definition) is 1. The molecule has 4 nitrogen and oxygen atoms in total. The lowest BCUT2D eigenvalue weighted by Gasteiger charge is -2.17. The summed E-state index contributed by atoms with van der Waals surface area (Å²) in [6, 6.07) is 10.0. The molecule has 1 atom stereocenters. The number of hydrogen-bond acceptors (Lipinski definition) is 3. The van der Waals surface area contributed by atoms with Crippen molar-refractivity contribution in [2.75, 3.05) is 6.61 Å². The molecule has 20 heavy (non-hydrogen) atoms. The van der Waals surface area contributed by atoms with E-state index in [-0.39, 0.29) is 6.04 Å². The molecule has 0 aliphatic carbocycles. The van der Waals surface area contributed by atoms with Crippen molar-refractivity contribution in [3.8, 4) is 5.75 Å². The average molecular weight is 273 g/mol. The lowest BCUT2D eigenvalue weighted by molar-refractivity contribution is 0.334. The van der Waals surface area contributed by atoms with Crippen molar-refractivity contribution in [3.63, 3.8) is 0 Å². The third-order valence-corrected chi connectivity index (χ3v) is 3.33. The molecule has 1 heterocycles. The molecule has 0 saturated heterocycles. The van der Waals surface area contributed by atoms with Crippen molar-refractivity contribution in [2.45, 2.75) is 39.8 Å². The van der Waals surface area contributed by atoms with Crippen LogP contribution in [0.4, 0.5) is 0 Å². The number of nitrogens with zero attached hydrogens (tertiary/aromatic N) is 2. The topological polar surface area (TPSA) is 53.1 Å². The van der Waals surface area contributed by atoms with Crippen LogP contribution in [-0.2, 0) is 13.0 Å². The fourth-order valence-electron chi connectivity index (χ4n) is 2.45. The molecule has 1 aromatic heterocycles. The van der Waals surface area contributed by atoms with Gasteiger partial charge in [0.15, 0.2) is 0 Å². The molecule has 0 aliphatic rings. The fourth-order valence-corrected chi connectivity index (χ4v) is 2.45. The number of para-hydroxylation sites is 1. The van der Waals surface area contributed by atoms with Crippen LogP contribution < -0.4 is 10.5 Å². The molecule has 108 valence electrons. The maximum atomic E-state index is 6.37. The largest absolute Gasteiger partial charge is 0.494 e. The molecule has 1 aromatic carbocycles. The van der Waals surface area contributed by atoms with E-state index in [0.29, 0.717) is 6.61 Å². The third kappa shape index (κ3) is 3.20. The summed E-state index contributed by atoms with van der Waals surface area (Å²) < 4.78 is 7.67. The Morgan fingerprint density at radius 2 is 2.05 bits per heavy atom. The lowest BCUT2D eigenvalue weighted by Crippen LogP contribution is -2.17. The van der Waals surface area contributed by atoms with E-state index in [4.69, 9.17) is 10.5 Å². The Bertz CT molecular complexity index is 563. The minimum absolute atomic E-state index is 0.0841. The quantitative estimate of drug-likeness (QED) is 0.880. The fraction of sp³-hybridized carbons (Fsp3) is 0.438. The molecule has 0 saturated carbocycles. The van der Waals surface area contributed by atoms with Gasteiger partial charge in [0.25, 0.3) is 0 Å². The van der Waals surface area contributed by atoms with Crippen molar-refractivity contribution in [3.05, 3.63) is 47.3 Å². The van der Waals surface area contributed by atoms with E-state index in [1.54, 1.807) is 0 Å². The second kappa shape index (κ2) is 6.57. The van der Waals surface area contributed by atoms with Gasteiger partial charge in [-0.2, -0.15) is 5.10 Å². The Kier molecular flexibility index (Phi) is 4.79. The summed E-state index contributed by atoms with van der Waals surface area (Å²) >= 11 is 0. The van der Waals surface area contributed by atoms with Gasteiger partial charge in [0, 0.05) is 30.3 Å². The van der Waals surface area contributed by atoms with Crippen molar-refractivity contribution >= 4 is 0 Å². The molecule has 0 spiro atoms. The Labute approximate surface area is 120 Å². The molecule has 0 aliphatic heterocycles. The van der Waals surface area contributed by atoms with E-state index in [0.717, 1.165) is 30.0 Å². The van der Waals surface area contributed by atoms with Gasteiger partial charge < -0.3 is 10.5 Å². The maximum Gasteiger partial charge on any atom is 0.124 e. The molecular formula is C16H23N3O. The number of nitrogens with two attached hydrogens (primary N) is 1. The molecule has 4 heteroatoms. The van der Waals surface area contributed by atoms with Crippen LogP contribution in [0.15, 0.2) is 30.3 Å². The molecule has 0 fully saturated rings. The summed E-state index contributed by atoms with van der Waals surface area (Å²) in [5, 5.41) is 4.46. The Morgan fingerprint density at radius 1 is 1.30 bits per heavy atom. The highest BCUT2D eigenvalue weighted by Crippen LogP contribution is 2.26. The molecule has 0 radical (unpaired) electrons. The molecule has 2 aromatic rings. The number of benzene rings is 1. The van der Waals surface area contributed by atoms with Gasteiger partial charge in [-0.25, -0.2) is 0 Å². The Hall–Kier alpha value is -1.81. The Balaban J connectivity index is 2.21. The van der Waals surface area contributed by atoms with Crippen LogP contribution in [0.1, 0.15) is 36.8 Å². The van der Waals surface area contributed by atoms with Gasteiger partial charge in [-0.05, 0) is 32.9 Å². The van der Waals surface area contributed by atoms with Crippen LogP contribution in [0.5, 0.6) is 5.75 Å². The van der Waals surface area contributed by atoms with Gasteiger partial charge in [-0.3, -0.25) is 4.68 Å². The summed E-state index contributed by atoms with van der Waals surface area (Å²) in [5.41, 5.74) is 9.63. The summed E-state index contributed by atoms with van der Waals surface area (Å²) in [6.45, 7) is 7.60. The summed E-state index contributed by atoms with van der Waals surface area (Å²) in [4.78, 5) is 0. The highest BCUT2D eigenvalue weighted by molar-refractivity contribution is 5.36. The van der Waals surface area contributed by atoms with Gasteiger partial charge in [0.05, 0.1) is 12.3 Å².